The van der Waals surface area contributed by atoms with Gasteiger partial charge in [0.1, 0.15) is 47.5 Å². The Morgan fingerprint density at radius 2 is 1.63 bits per heavy atom. The molecule has 2 aliphatic rings. The lowest BCUT2D eigenvalue weighted by molar-refractivity contribution is -0.134. The summed E-state index contributed by atoms with van der Waals surface area (Å²) in [6.07, 6.45) is 16.3. The summed E-state index contributed by atoms with van der Waals surface area (Å²) in [5.41, 5.74) is 6.49. The molecule has 346 valence electrons. The molecule has 0 amide bonds. The Morgan fingerprint density at radius 1 is 0.926 bits per heavy atom. The zero-order valence-electron chi connectivity index (χ0n) is 39.4. The van der Waals surface area contributed by atoms with Crippen LogP contribution in [0.15, 0.2) is 149 Å². The zero-order chi connectivity index (χ0) is 48.8. The summed E-state index contributed by atoms with van der Waals surface area (Å²) in [5.74, 6) is 0.559. The number of carbonyl (C=O) groups is 2. The maximum atomic E-state index is 13.0. The summed E-state index contributed by atoms with van der Waals surface area (Å²) >= 11 is 0. The van der Waals surface area contributed by atoms with Crippen LogP contribution in [0, 0.1) is 39.4 Å². The average molecular weight is 910 g/mol. The minimum Gasteiger partial charge on any atom is -0.496 e. The number of nitriles is 3. The van der Waals surface area contributed by atoms with Crippen LogP contribution in [0.2, 0.25) is 0 Å². The molecule has 0 atom stereocenters. The van der Waals surface area contributed by atoms with Crippen LogP contribution in [0.4, 0.5) is 5.69 Å². The van der Waals surface area contributed by atoms with Gasteiger partial charge in [-0.1, -0.05) is 86.4 Å². The van der Waals surface area contributed by atoms with Gasteiger partial charge in [-0.3, -0.25) is 4.79 Å². The fourth-order valence-electron chi connectivity index (χ4n) is 8.09. The minimum atomic E-state index is -0.905. The molecule has 0 N–H and O–H groups in total. The highest BCUT2D eigenvalue weighted by Crippen LogP contribution is 2.44. The van der Waals surface area contributed by atoms with E-state index in [-0.39, 0.29) is 41.3 Å². The van der Waals surface area contributed by atoms with Crippen molar-refractivity contribution in [3.05, 3.63) is 172 Å². The monoisotopic (exact) mass is 909 g/mol. The van der Waals surface area contributed by atoms with E-state index in [9.17, 15) is 25.4 Å². The SMILES string of the molecule is C=Cc1ccc(OC(=O)CCCc2cn(-c3ccc(C(=O)OCCN(CC)c4ccc(/C=C/C5=C(OC)C(=C/C=C/C6=C(C#N)C(=C(C#N)C#N)OC6(C)C)/CC(C)(C)C5)cc4)cc3)nn2)cc1. The van der Waals surface area contributed by atoms with Crippen molar-refractivity contribution in [3.63, 3.8) is 0 Å². The number of anilines is 1. The third-order valence-corrected chi connectivity index (χ3v) is 11.5. The molecule has 4 aromatic rings. The molecule has 0 fully saturated rings. The lowest BCUT2D eigenvalue weighted by Gasteiger charge is -2.33. The summed E-state index contributed by atoms with van der Waals surface area (Å²) < 4.78 is 24.6. The molecular formula is C55H55N7O6. The van der Waals surface area contributed by atoms with E-state index in [1.807, 2.05) is 36.4 Å². The van der Waals surface area contributed by atoms with E-state index in [1.54, 1.807) is 80.4 Å². The van der Waals surface area contributed by atoms with Gasteiger partial charge in [0.25, 0.3) is 0 Å². The van der Waals surface area contributed by atoms with E-state index in [2.05, 4.69) is 85.0 Å². The number of methoxy groups -OCH3 is 1. The summed E-state index contributed by atoms with van der Waals surface area (Å²) in [4.78, 5) is 27.4. The number of benzene rings is 3. The zero-order valence-corrected chi connectivity index (χ0v) is 39.4. The maximum Gasteiger partial charge on any atom is 0.338 e. The largest absolute Gasteiger partial charge is 0.496 e. The first-order chi connectivity index (χ1) is 32.7. The van der Waals surface area contributed by atoms with Crippen LogP contribution in [0.3, 0.4) is 0 Å². The van der Waals surface area contributed by atoms with Crippen molar-refractivity contribution in [1.29, 1.82) is 15.8 Å². The number of likely N-dealkylation sites (N-methyl/N-ethyl adjacent to an activating group) is 1. The number of nitrogens with zero attached hydrogens (tertiary/aromatic N) is 7. The average Bonchev–Trinajstić information content (AvgIpc) is 3.91. The molecule has 6 rings (SSSR count). The van der Waals surface area contributed by atoms with E-state index in [4.69, 9.17) is 18.9 Å². The number of hydrogen-bond donors (Lipinski definition) is 0. The number of aromatic nitrogens is 3. The summed E-state index contributed by atoms with van der Waals surface area (Å²) in [6.45, 7) is 15.3. The Balaban J connectivity index is 1.01. The lowest BCUT2D eigenvalue weighted by atomic mass is 9.74. The molecule has 0 saturated heterocycles. The second-order valence-corrected chi connectivity index (χ2v) is 17.5. The van der Waals surface area contributed by atoms with Crippen molar-refractivity contribution in [2.24, 2.45) is 5.41 Å². The van der Waals surface area contributed by atoms with Gasteiger partial charge in [0, 0.05) is 24.2 Å². The Morgan fingerprint density at radius 3 is 2.28 bits per heavy atom. The number of aryl methyl sites for hydroxylation is 1. The molecule has 0 saturated carbocycles. The molecule has 68 heavy (non-hydrogen) atoms. The molecular weight excluding hydrogens is 855 g/mol. The van der Waals surface area contributed by atoms with Crippen LogP contribution in [-0.4, -0.2) is 59.3 Å². The molecule has 1 aliphatic carbocycles. The standard InChI is InChI=1S/C55H55N7O6/c1-8-38-19-28-47(29-20-38)67-50(63)15-11-13-44-37-62(60-59-44)46-26-22-40(23-27-46)53(64)66-31-30-61(9-2)45-24-17-39(18-25-45)16-21-42-33-54(3,4)32-41(51(42)65-7)12-10-14-49-48(36-58)52(43(34-56)35-57)68-55(49,5)6/h8,10,12,14,16-29,37H,1,9,11,13,15,30-33H2,2-7H3/b14-10+,21-16+,41-12+. The Hall–Kier alpha value is -8.21. The Labute approximate surface area is 398 Å². The van der Waals surface area contributed by atoms with Crippen LogP contribution in [0.5, 0.6) is 5.75 Å². The molecule has 0 bridgehead atoms. The van der Waals surface area contributed by atoms with Gasteiger partial charge in [-0.15, -0.1) is 5.10 Å². The molecule has 0 radical (unpaired) electrons. The molecule has 1 aliphatic heterocycles. The van der Waals surface area contributed by atoms with E-state index < -0.39 is 11.6 Å². The third-order valence-electron chi connectivity index (χ3n) is 11.5. The van der Waals surface area contributed by atoms with Gasteiger partial charge in [0.05, 0.1) is 36.8 Å². The molecule has 2 heterocycles. The molecule has 3 aromatic carbocycles. The van der Waals surface area contributed by atoms with Crippen molar-refractivity contribution in [1.82, 2.24) is 15.0 Å². The molecule has 13 nitrogen and oxygen atoms in total. The number of rotatable bonds is 18. The van der Waals surface area contributed by atoms with E-state index in [1.165, 1.54) is 0 Å². The van der Waals surface area contributed by atoms with Gasteiger partial charge < -0.3 is 23.8 Å². The summed E-state index contributed by atoms with van der Waals surface area (Å²) in [7, 11) is 1.67. The van der Waals surface area contributed by atoms with Crippen LogP contribution < -0.4 is 9.64 Å². The van der Waals surface area contributed by atoms with E-state index in [0.717, 1.165) is 64.5 Å². The number of hydrogen-bond acceptors (Lipinski definition) is 12. The normalized spacial score (nSPS) is 15.7. The van der Waals surface area contributed by atoms with Gasteiger partial charge in [-0.25, -0.2) is 9.48 Å². The number of esters is 2. The highest BCUT2D eigenvalue weighted by molar-refractivity contribution is 5.89. The molecule has 1 aromatic heterocycles. The smallest absolute Gasteiger partial charge is 0.338 e. The second kappa shape index (κ2) is 22.3. The van der Waals surface area contributed by atoms with Gasteiger partial charge in [0.15, 0.2) is 11.3 Å². The fourth-order valence-corrected chi connectivity index (χ4v) is 8.09. The second-order valence-electron chi connectivity index (χ2n) is 17.5. The minimum absolute atomic E-state index is 0.00861. The first kappa shape index (κ1) is 49.2. The molecule has 0 unspecified atom stereocenters. The van der Waals surface area contributed by atoms with Gasteiger partial charge in [-0.05, 0) is 123 Å². The number of carbonyl (C=O) groups excluding carboxylic acids is 2. The van der Waals surface area contributed by atoms with Gasteiger partial charge in [-0.2, -0.15) is 15.8 Å². The van der Waals surface area contributed by atoms with Crippen molar-refractivity contribution in [2.45, 2.75) is 72.3 Å². The highest BCUT2D eigenvalue weighted by atomic mass is 16.5. The van der Waals surface area contributed by atoms with E-state index in [0.29, 0.717) is 36.3 Å². The lowest BCUT2D eigenvalue weighted by Crippen LogP contribution is -2.28. The van der Waals surface area contributed by atoms with Gasteiger partial charge >= 0.3 is 11.9 Å². The fraction of sp³-hybridized carbons (Fsp3) is 0.291. The summed E-state index contributed by atoms with van der Waals surface area (Å²) in [6, 6.07) is 28.1. The van der Waals surface area contributed by atoms with Crippen molar-refractivity contribution in [2.75, 3.05) is 31.7 Å². The van der Waals surface area contributed by atoms with Crippen LogP contribution in [0.25, 0.3) is 17.8 Å². The third kappa shape index (κ3) is 12.4. The predicted octanol–water partition coefficient (Wildman–Crippen LogP) is 10.7. The Bertz CT molecular complexity index is 2820. The number of ether oxygens (including phenoxy) is 4. The van der Waals surface area contributed by atoms with E-state index >= 15 is 0 Å². The number of allylic oxidation sites excluding steroid dienone is 7. The molecule has 0 spiro atoms. The van der Waals surface area contributed by atoms with Crippen molar-refractivity contribution < 1.29 is 28.5 Å². The summed E-state index contributed by atoms with van der Waals surface area (Å²) in [5, 5.41) is 37.2. The van der Waals surface area contributed by atoms with Crippen LogP contribution in [-0.2, 0) is 25.4 Å². The van der Waals surface area contributed by atoms with Gasteiger partial charge in [0.2, 0.25) is 0 Å². The quantitative estimate of drug-likeness (QED) is 0.0525. The maximum absolute atomic E-state index is 13.0. The van der Waals surface area contributed by atoms with Crippen LogP contribution in [0.1, 0.15) is 87.5 Å². The predicted molar refractivity (Wildman–Crippen MR) is 260 cm³/mol. The van der Waals surface area contributed by atoms with Crippen molar-refractivity contribution in [3.8, 4) is 29.6 Å². The topological polar surface area (TPSA) is 176 Å². The van der Waals surface area contributed by atoms with Crippen LogP contribution >= 0.6 is 0 Å². The Kier molecular flexibility index (Phi) is 16.2. The first-order valence-corrected chi connectivity index (χ1v) is 22.4. The first-order valence-electron chi connectivity index (χ1n) is 22.4. The highest BCUT2D eigenvalue weighted by Gasteiger charge is 2.38. The van der Waals surface area contributed by atoms with Crippen molar-refractivity contribution >= 4 is 29.8 Å². The molecule has 13 heteroatoms.